The molecular weight excluding hydrogens is 396 g/mol. The quantitative estimate of drug-likeness (QED) is 0.341. The van der Waals surface area contributed by atoms with Crippen molar-refractivity contribution >= 4 is 23.9 Å². The predicted molar refractivity (Wildman–Crippen MR) is 121 cm³/mol. The highest BCUT2D eigenvalue weighted by Gasteiger charge is 2.31. The van der Waals surface area contributed by atoms with Gasteiger partial charge in [0, 0.05) is 37.6 Å². The van der Waals surface area contributed by atoms with E-state index in [-0.39, 0.29) is 35.9 Å². The third kappa shape index (κ3) is 8.59. The van der Waals surface area contributed by atoms with E-state index < -0.39 is 0 Å². The zero-order valence-corrected chi connectivity index (χ0v) is 19.3. The van der Waals surface area contributed by atoms with Crippen molar-refractivity contribution in [1.29, 1.82) is 0 Å². The van der Waals surface area contributed by atoms with Crippen molar-refractivity contribution in [3.63, 3.8) is 0 Å². The molecule has 0 radical (unpaired) electrons. The van der Waals surface area contributed by atoms with Crippen LogP contribution in [-0.4, -0.2) is 49.2 Å². The summed E-state index contributed by atoms with van der Waals surface area (Å²) in [7, 11) is 0. The first-order valence-electron chi connectivity index (χ1n) is 12.0. The van der Waals surface area contributed by atoms with Gasteiger partial charge in [-0.15, -0.1) is 0 Å². The topological polar surface area (TPSA) is 109 Å². The van der Waals surface area contributed by atoms with Crippen LogP contribution in [0.15, 0.2) is 5.10 Å². The number of Topliss-reactive ketones (excluding diaryl/α,β-unsaturated/α-hetero) is 1. The van der Waals surface area contributed by atoms with Crippen LogP contribution in [-0.2, 0) is 14.3 Å². The number of carbonyl (C=O) groups excluding carboxylic acids is 3. The van der Waals surface area contributed by atoms with Crippen LogP contribution in [0.1, 0.15) is 78.6 Å². The molecule has 0 heterocycles. The molecule has 0 aromatic heterocycles. The van der Waals surface area contributed by atoms with E-state index in [4.69, 9.17) is 4.74 Å². The van der Waals surface area contributed by atoms with E-state index in [2.05, 4.69) is 21.2 Å². The molecule has 8 nitrogen and oxygen atoms in total. The van der Waals surface area contributed by atoms with Gasteiger partial charge >= 0.3 is 6.03 Å². The molecule has 0 saturated heterocycles. The largest absolute Gasteiger partial charge is 0.378 e. The molecular formula is C23H40N4O4. The average molecular weight is 437 g/mol. The van der Waals surface area contributed by atoms with E-state index in [1.54, 1.807) is 6.21 Å². The minimum absolute atomic E-state index is 0.0158. The summed E-state index contributed by atoms with van der Waals surface area (Å²) < 4.78 is 5.62. The summed E-state index contributed by atoms with van der Waals surface area (Å²) in [5.74, 6) is 0.985. The molecule has 0 aromatic rings. The molecule has 176 valence electrons. The molecule has 2 saturated carbocycles. The third-order valence-electron chi connectivity index (χ3n) is 6.55. The summed E-state index contributed by atoms with van der Waals surface area (Å²) in [4.78, 5) is 36.3. The first kappa shape index (κ1) is 25.3. The number of hydrogen-bond acceptors (Lipinski definition) is 5. The summed E-state index contributed by atoms with van der Waals surface area (Å²) in [6.45, 7) is 7.12. The maximum Gasteiger partial charge on any atom is 0.335 e. The molecule has 0 aromatic carbocycles. The number of amides is 3. The molecule has 31 heavy (non-hydrogen) atoms. The standard InChI is InChI=1S/C23H40N4O4/c1-4-19(26-22(29)18-11-12-20(13-18)31-6-3)15-25-27-23(30)24-14-16-7-9-17(10-8-16)21(28)5-2/h15-20H,4-14H2,1-3H3,(H,26,29)(H2,24,27,30)/b25-15+/t16?,17?,18-,19-,20-/m0/s1. The molecule has 8 heteroatoms. The fourth-order valence-corrected chi connectivity index (χ4v) is 4.55. The van der Waals surface area contributed by atoms with E-state index in [0.717, 1.165) is 44.9 Å². The number of hydrogen-bond donors (Lipinski definition) is 3. The molecule has 2 aliphatic rings. The maximum atomic E-state index is 12.5. The van der Waals surface area contributed by atoms with Crippen LogP contribution in [0, 0.1) is 17.8 Å². The van der Waals surface area contributed by atoms with Crippen molar-refractivity contribution in [1.82, 2.24) is 16.1 Å². The van der Waals surface area contributed by atoms with Crippen molar-refractivity contribution in [2.45, 2.75) is 90.7 Å². The molecule has 0 unspecified atom stereocenters. The Kier molecular flexibility index (Phi) is 11.0. The van der Waals surface area contributed by atoms with Gasteiger partial charge in [-0.05, 0) is 64.2 Å². The van der Waals surface area contributed by atoms with E-state index in [1.807, 2.05) is 20.8 Å². The molecule has 0 aliphatic heterocycles. The van der Waals surface area contributed by atoms with E-state index in [0.29, 0.717) is 37.7 Å². The lowest BCUT2D eigenvalue weighted by atomic mass is 9.79. The number of nitrogens with one attached hydrogen (secondary N) is 3. The highest BCUT2D eigenvalue weighted by Crippen LogP contribution is 2.29. The van der Waals surface area contributed by atoms with Gasteiger partial charge in [0.2, 0.25) is 5.91 Å². The fraction of sp³-hybridized carbons (Fsp3) is 0.826. The second kappa shape index (κ2) is 13.5. The smallest absolute Gasteiger partial charge is 0.335 e. The van der Waals surface area contributed by atoms with Crippen LogP contribution in [0.5, 0.6) is 0 Å². The van der Waals surface area contributed by atoms with E-state index in [9.17, 15) is 14.4 Å². The number of nitrogens with zero attached hydrogens (tertiary/aromatic N) is 1. The van der Waals surface area contributed by atoms with Crippen LogP contribution in [0.2, 0.25) is 0 Å². The van der Waals surface area contributed by atoms with Gasteiger partial charge in [0.05, 0.1) is 12.1 Å². The lowest BCUT2D eigenvalue weighted by molar-refractivity contribution is -0.125. The number of ketones is 1. The molecule has 2 fully saturated rings. The Morgan fingerprint density at radius 3 is 2.39 bits per heavy atom. The first-order valence-corrected chi connectivity index (χ1v) is 12.0. The number of urea groups is 1. The minimum Gasteiger partial charge on any atom is -0.378 e. The molecule has 0 spiro atoms. The lowest BCUT2D eigenvalue weighted by Crippen LogP contribution is -2.40. The zero-order valence-electron chi connectivity index (χ0n) is 19.3. The summed E-state index contributed by atoms with van der Waals surface area (Å²) in [5, 5.41) is 9.86. The van der Waals surface area contributed by atoms with Gasteiger partial charge in [-0.25, -0.2) is 10.2 Å². The first-order chi connectivity index (χ1) is 15.0. The molecule has 3 N–H and O–H groups in total. The van der Waals surface area contributed by atoms with Crippen molar-refractivity contribution in [3.05, 3.63) is 0 Å². The van der Waals surface area contributed by atoms with Gasteiger partial charge in [-0.1, -0.05) is 13.8 Å². The monoisotopic (exact) mass is 436 g/mol. The van der Waals surface area contributed by atoms with Crippen molar-refractivity contribution < 1.29 is 19.1 Å². The number of ether oxygens (including phenoxy) is 1. The van der Waals surface area contributed by atoms with Crippen LogP contribution < -0.4 is 16.1 Å². The lowest BCUT2D eigenvalue weighted by Gasteiger charge is -2.27. The Labute approximate surface area is 186 Å². The second-order valence-electron chi connectivity index (χ2n) is 8.75. The minimum atomic E-state index is -0.348. The molecule has 3 atom stereocenters. The number of rotatable bonds is 11. The molecule has 2 rings (SSSR count). The number of carbonyl (C=O) groups is 3. The maximum absolute atomic E-state index is 12.5. The summed E-state index contributed by atoms with van der Waals surface area (Å²) in [6.07, 6.45) is 9.38. The van der Waals surface area contributed by atoms with Crippen LogP contribution in [0.3, 0.4) is 0 Å². The Hall–Kier alpha value is -1.96. The fourth-order valence-electron chi connectivity index (χ4n) is 4.55. The predicted octanol–water partition coefficient (Wildman–Crippen LogP) is 3.16. The highest BCUT2D eigenvalue weighted by molar-refractivity contribution is 5.83. The number of hydrazone groups is 1. The zero-order chi connectivity index (χ0) is 22.6. The normalized spacial score (nSPS) is 27.1. The van der Waals surface area contributed by atoms with Crippen LogP contribution >= 0.6 is 0 Å². The highest BCUT2D eigenvalue weighted by atomic mass is 16.5. The Bertz CT molecular complexity index is 617. The van der Waals surface area contributed by atoms with Crippen molar-refractivity contribution in [3.8, 4) is 0 Å². The van der Waals surface area contributed by atoms with Crippen molar-refractivity contribution in [2.24, 2.45) is 22.9 Å². The van der Waals surface area contributed by atoms with Crippen molar-refractivity contribution in [2.75, 3.05) is 13.2 Å². The second-order valence-corrected chi connectivity index (χ2v) is 8.75. The van der Waals surface area contributed by atoms with Crippen LogP contribution in [0.4, 0.5) is 4.79 Å². The van der Waals surface area contributed by atoms with Gasteiger partial charge < -0.3 is 15.4 Å². The van der Waals surface area contributed by atoms with Gasteiger partial charge in [0.1, 0.15) is 5.78 Å². The summed E-state index contributed by atoms with van der Waals surface area (Å²) in [6, 6.07) is -0.565. The van der Waals surface area contributed by atoms with Gasteiger partial charge in [-0.3, -0.25) is 9.59 Å². The summed E-state index contributed by atoms with van der Waals surface area (Å²) >= 11 is 0. The Morgan fingerprint density at radius 1 is 1.03 bits per heavy atom. The Morgan fingerprint density at radius 2 is 1.74 bits per heavy atom. The SMILES string of the molecule is CCO[C@H]1CC[C@H](C(=O)N[C@H](/C=N/NC(=O)NCC2CCC(C(=O)CC)CC2)CC)C1. The molecule has 2 aliphatic carbocycles. The third-order valence-corrected chi connectivity index (χ3v) is 6.55. The van der Waals surface area contributed by atoms with E-state index >= 15 is 0 Å². The Balaban J connectivity index is 1.64. The van der Waals surface area contributed by atoms with Gasteiger partial charge in [0.25, 0.3) is 0 Å². The molecule has 3 amide bonds. The van der Waals surface area contributed by atoms with Gasteiger partial charge in [0.15, 0.2) is 0 Å². The molecule has 0 bridgehead atoms. The average Bonchev–Trinajstić information content (AvgIpc) is 3.25. The summed E-state index contributed by atoms with van der Waals surface area (Å²) in [5.41, 5.74) is 2.48. The van der Waals surface area contributed by atoms with Gasteiger partial charge in [-0.2, -0.15) is 5.10 Å². The van der Waals surface area contributed by atoms with E-state index in [1.165, 1.54) is 0 Å². The van der Waals surface area contributed by atoms with Crippen LogP contribution in [0.25, 0.3) is 0 Å².